The van der Waals surface area contributed by atoms with Crippen LogP contribution in [0, 0.1) is 20.8 Å². The molecule has 2 heterocycles. The van der Waals surface area contributed by atoms with Crippen molar-refractivity contribution in [3.63, 3.8) is 0 Å². The summed E-state index contributed by atoms with van der Waals surface area (Å²) in [5.74, 6) is 0.613. The van der Waals surface area contributed by atoms with Gasteiger partial charge in [-0.3, -0.25) is 4.79 Å². The maximum Gasteiger partial charge on any atom is 0.290 e. The van der Waals surface area contributed by atoms with Crippen LogP contribution in [0.5, 0.6) is 5.75 Å². The SMILES string of the molecule is COc1ccc(CNS(=O)(=O)c2c(C)c(C)cc3c(C)c(C(=O)N4CCOCC4)oc23)cc1. The number of sulfonamides is 1. The molecule has 0 atom stereocenters. The lowest BCUT2D eigenvalue weighted by Crippen LogP contribution is -2.40. The highest BCUT2D eigenvalue weighted by Crippen LogP contribution is 2.35. The highest BCUT2D eigenvalue weighted by Gasteiger charge is 2.30. The van der Waals surface area contributed by atoms with E-state index in [9.17, 15) is 13.2 Å². The second kappa shape index (κ2) is 9.17. The monoisotopic (exact) mass is 472 g/mol. The highest BCUT2D eigenvalue weighted by atomic mass is 32.2. The van der Waals surface area contributed by atoms with Crippen molar-refractivity contribution in [2.45, 2.75) is 32.2 Å². The molecule has 0 radical (unpaired) electrons. The molecule has 1 amide bonds. The van der Waals surface area contributed by atoms with Crippen LogP contribution in [-0.4, -0.2) is 52.6 Å². The molecule has 1 aliphatic rings. The molecule has 1 aromatic heterocycles. The first-order valence-corrected chi connectivity index (χ1v) is 12.2. The molecule has 1 aliphatic heterocycles. The Kier molecular flexibility index (Phi) is 6.47. The minimum Gasteiger partial charge on any atom is -0.497 e. The molecule has 1 N–H and O–H groups in total. The van der Waals surface area contributed by atoms with E-state index in [1.54, 1.807) is 50.1 Å². The molecule has 0 aliphatic carbocycles. The van der Waals surface area contributed by atoms with E-state index in [1.807, 2.05) is 13.0 Å². The van der Waals surface area contributed by atoms with Crippen LogP contribution in [-0.2, 0) is 21.3 Å². The summed E-state index contributed by atoms with van der Waals surface area (Å²) >= 11 is 0. The Balaban J connectivity index is 1.72. The third kappa shape index (κ3) is 4.48. The van der Waals surface area contributed by atoms with Gasteiger partial charge in [0.15, 0.2) is 11.3 Å². The number of rotatable bonds is 6. The van der Waals surface area contributed by atoms with Gasteiger partial charge in [0, 0.05) is 30.6 Å². The van der Waals surface area contributed by atoms with Crippen molar-refractivity contribution in [1.82, 2.24) is 9.62 Å². The number of ether oxygens (including phenoxy) is 2. The van der Waals surface area contributed by atoms with E-state index >= 15 is 0 Å². The predicted octanol–water partition coefficient (Wildman–Crippen LogP) is 3.32. The van der Waals surface area contributed by atoms with Gasteiger partial charge >= 0.3 is 0 Å². The molecule has 0 unspecified atom stereocenters. The number of morpholine rings is 1. The molecule has 0 saturated carbocycles. The third-order valence-corrected chi connectivity index (χ3v) is 7.63. The van der Waals surface area contributed by atoms with E-state index in [1.165, 1.54) is 0 Å². The number of aryl methyl sites for hydroxylation is 2. The van der Waals surface area contributed by atoms with E-state index in [4.69, 9.17) is 13.9 Å². The summed E-state index contributed by atoms with van der Waals surface area (Å²) < 4.78 is 45.9. The van der Waals surface area contributed by atoms with Gasteiger partial charge in [0.2, 0.25) is 10.0 Å². The van der Waals surface area contributed by atoms with Crippen LogP contribution in [0.1, 0.15) is 32.8 Å². The topological polar surface area (TPSA) is 98.1 Å². The number of fused-ring (bicyclic) bond motifs is 1. The molecular weight excluding hydrogens is 444 g/mol. The quantitative estimate of drug-likeness (QED) is 0.591. The molecule has 1 fully saturated rings. The van der Waals surface area contributed by atoms with Crippen LogP contribution >= 0.6 is 0 Å². The Bertz CT molecular complexity index is 1290. The lowest BCUT2D eigenvalue weighted by Gasteiger charge is -2.26. The Morgan fingerprint density at radius 1 is 1.09 bits per heavy atom. The van der Waals surface area contributed by atoms with Gasteiger partial charge in [0.25, 0.3) is 5.91 Å². The van der Waals surface area contributed by atoms with Crippen molar-refractivity contribution in [1.29, 1.82) is 0 Å². The fraction of sp³-hybridized carbons (Fsp3) is 0.375. The largest absolute Gasteiger partial charge is 0.497 e. The van der Waals surface area contributed by atoms with Crippen LogP contribution < -0.4 is 9.46 Å². The number of furan rings is 1. The minimum atomic E-state index is -3.93. The van der Waals surface area contributed by atoms with Crippen LogP contribution in [0.3, 0.4) is 0 Å². The number of hydrogen-bond acceptors (Lipinski definition) is 6. The zero-order chi connectivity index (χ0) is 23.8. The highest BCUT2D eigenvalue weighted by molar-refractivity contribution is 7.89. The van der Waals surface area contributed by atoms with Crippen molar-refractivity contribution in [2.75, 3.05) is 33.4 Å². The molecule has 8 nitrogen and oxygen atoms in total. The number of amides is 1. The average Bonchev–Trinajstić information content (AvgIpc) is 3.14. The molecule has 33 heavy (non-hydrogen) atoms. The standard InChI is InChI=1S/C24H28N2O6S/c1-15-13-20-17(3)21(24(27)26-9-11-31-12-10-26)32-22(20)23(16(15)2)33(28,29)25-14-18-5-7-19(30-4)8-6-18/h5-8,13,25H,9-12,14H2,1-4H3. The van der Waals surface area contributed by atoms with Gasteiger partial charge in [-0.1, -0.05) is 12.1 Å². The Hall–Kier alpha value is -2.88. The number of methoxy groups -OCH3 is 1. The van der Waals surface area contributed by atoms with Crippen molar-refractivity contribution in [2.24, 2.45) is 0 Å². The number of carbonyl (C=O) groups excluding carboxylic acids is 1. The van der Waals surface area contributed by atoms with E-state index in [0.717, 1.165) is 11.1 Å². The van der Waals surface area contributed by atoms with Crippen LogP contribution in [0.2, 0.25) is 0 Å². The second-order valence-electron chi connectivity index (χ2n) is 8.16. The molecule has 176 valence electrons. The maximum atomic E-state index is 13.4. The number of carbonyl (C=O) groups is 1. The summed E-state index contributed by atoms with van der Waals surface area (Å²) in [4.78, 5) is 14.8. The fourth-order valence-corrected chi connectivity index (χ4v) is 5.44. The Labute approximate surface area is 193 Å². The van der Waals surface area contributed by atoms with Crippen LogP contribution in [0.15, 0.2) is 39.6 Å². The molecule has 0 bridgehead atoms. The number of nitrogens with zero attached hydrogens (tertiary/aromatic N) is 1. The Morgan fingerprint density at radius 2 is 1.76 bits per heavy atom. The predicted molar refractivity (Wildman–Crippen MR) is 124 cm³/mol. The second-order valence-corrected chi connectivity index (χ2v) is 9.86. The number of hydrogen-bond donors (Lipinski definition) is 1. The summed E-state index contributed by atoms with van der Waals surface area (Å²) in [5.41, 5.74) is 3.02. The minimum absolute atomic E-state index is 0.0649. The van der Waals surface area contributed by atoms with Crippen molar-refractivity contribution in [3.05, 3.63) is 58.3 Å². The van der Waals surface area contributed by atoms with Gasteiger partial charge in [0.1, 0.15) is 10.6 Å². The normalized spacial score (nSPS) is 14.6. The molecule has 1 saturated heterocycles. The van der Waals surface area contributed by atoms with Crippen molar-refractivity contribution >= 4 is 26.9 Å². The first-order valence-electron chi connectivity index (χ1n) is 10.8. The first kappa shape index (κ1) is 23.3. The molecule has 2 aromatic carbocycles. The van der Waals surface area contributed by atoms with Gasteiger partial charge in [-0.2, -0.15) is 0 Å². The summed E-state index contributed by atoms with van der Waals surface area (Å²) in [5, 5.41) is 0.625. The summed E-state index contributed by atoms with van der Waals surface area (Å²) in [6.07, 6.45) is 0. The van der Waals surface area contributed by atoms with E-state index < -0.39 is 10.0 Å². The lowest BCUT2D eigenvalue weighted by molar-refractivity contribution is 0.0283. The van der Waals surface area contributed by atoms with Gasteiger partial charge < -0.3 is 18.8 Å². The molecular formula is C24H28N2O6S. The molecule has 9 heteroatoms. The van der Waals surface area contributed by atoms with E-state index in [2.05, 4.69) is 4.72 Å². The third-order valence-electron chi connectivity index (χ3n) is 6.08. The van der Waals surface area contributed by atoms with Crippen molar-refractivity contribution < 1.29 is 27.1 Å². The van der Waals surface area contributed by atoms with Gasteiger partial charge in [0.05, 0.1) is 20.3 Å². The smallest absolute Gasteiger partial charge is 0.290 e. The van der Waals surface area contributed by atoms with Gasteiger partial charge in [-0.05, 0) is 55.7 Å². The summed E-state index contributed by atoms with van der Waals surface area (Å²) in [7, 11) is -2.35. The van der Waals surface area contributed by atoms with E-state index in [-0.39, 0.29) is 28.7 Å². The Morgan fingerprint density at radius 3 is 2.39 bits per heavy atom. The van der Waals surface area contributed by atoms with Crippen molar-refractivity contribution in [3.8, 4) is 5.75 Å². The van der Waals surface area contributed by atoms with Crippen LogP contribution in [0.4, 0.5) is 0 Å². The molecule has 3 aromatic rings. The molecule has 4 rings (SSSR count). The van der Waals surface area contributed by atoms with Gasteiger partial charge in [-0.15, -0.1) is 0 Å². The first-order chi connectivity index (χ1) is 15.7. The summed E-state index contributed by atoms with van der Waals surface area (Å²) in [6, 6.07) is 9.03. The molecule has 0 spiro atoms. The lowest BCUT2D eigenvalue weighted by atomic mass is 10.0. The summed E-state index contributed by atoms with van der Waals surface area (Å²) in [6.45, 7) is 7.39. The number of nitrogens with one attached hydrogen (secondary N) is 1. The van der Waals surface area contributed by atoms with E-state index in [0.29, 0.717) is 48.6 Å². The van der Waals surface area contributed by atoms with Crippen LogP contribution in [0.25, 0.3) is 11.0 Å². The maximum absolute atomic E-state index is 13.4. The fourth-order valence-electron chi connectivity index (χ4n) is 3.97. The average molecular weight is 473 g/mol. The zero-order valence-corrected chi connectivity index (χ0v) is 20.0. The van der Waals surface area contributed by atoms with Gasteiger partial charge in [-0.25, -0.2) is 13.1 Å². The zero-order valence-electron chi connectivity index (χ0n) is 19.2. The number of benzene rings is 2.